The van der Waals surface area contributed by atoms with Crippen LogP contribution >= 0.6 is 0 Å². The maximum Gasteiger partial charge on any atom is 0.319 e. The molecule has 2 rings (SSSR count). The van der Waals surface area contributed by atoms with Gasteiger partial charge in [0.1, 0.15) is 0 Å². The summed E-state index contributed by atoms with van der Waals surface area (Å²) in [6, 6.07) is 4.33. The van der Waals surface area contributed by atoms with Crippen LogP contribution in [0.2, 0.25) is 0 Å². The maximum atomic E-state index is 5.30. The molecule has 0 fully saturated rings. The zero-order valence-corrected chi connectivity index (χ0v) is 12.5. The molecule has 0 N–H and O–H groups in total. The standard InChI is InChI=1S/C15H19N3O2/c1-15(2,3)10-6-7-16-12(8-10)11-9-17-14(20-5)18-13(11)19-4/h6-9H,1-5H3. The highest BCUT2D eigenvalue weighted by atomic mass is 16.5. The first-order valence-corrected chi connectivity index (χ1v) is 6.37. The zero-order valence-electron chi connectivity index (χ0n) is 12.5. The summed E-state index contributed by atoms with van der Waals surface area (Å²) in [4.78, 5) is 12.7. The molecule has 0 bridgehead atoms. The second-order valence-electron chi connectivity index (χ2n) is 5.46. The highest BCUT2D eigenvalue weighted by molar-refractivity contribution is 5.64. The fourth-order valence-electron chi connectivity index (χ4n) is 1.82. The first-order valence-electron chi connectivity index (χ1n) is 6.37. The molecule has 0 unspecified atom stereocenters. The number of pyridine rings is 1. The van der Waals surface area contributed by atoms with E-state index in [1.54, 1.807) is 19.5 Å². The van der Waals surface area contributed by atoms with E-state index < -0.39 is 0 Å². The smallest absolute Gasteiger partial charge is 0.319 e. The Balaban J connectivity index is 2.51. The van der Waals surface area contributed by atoms with Crippen molar-refractivity contribution in [2.24, 2.45) is 0 Å². The fourth-order valence-corrected chi connectivity index (χ4v) is 1.82. The quantitative estimate of drug-likeness (QED) is 0.860. The lowest BCUT2D eigenvalue weighted by atomic mass is 9.87. The van der Waals surface area contributed by atoms with Gasteiger partial charge in [-0.1, -0.05) is 20.8 Å². The van der Waals surface area contributed by atoms with Gasteiger partial charge < -0.3 is 9.47 Å². The van der Waals surface area contributed by atoms with Crippen molar-refractivity contribution in [3.63, 3.8) is 0 Å². The highest BCUT2D eigenvalue weighted by Crippen LogP contribution is 2.30. The van der Waals surface area contributed by atoms with Gasteiger partial charge in [0.25, 0.3) is 0 Å². The second kappa shape index (κ2) is 5.45. The monoisotopic (exact) mass is 273 g/mol. The molecule has 0 saturated carbocycles. The Morgan fingerprint density at radius 2 is 1.80 bits per heavy atom. The summed E-state index contributed by atoms with van der Waals surface area (Å²) < 4.78 is 10.3. The van der Waals surface area contributed by atoms with E-state index in [1.807, 2.05) is 12.1 Å². The Labute approximate surface area is 119 Å². The van der Waals surface area contributed by atoms with Crippen molar-refractivity contribution in [3.8, 4) is 23.1 Å². The van der Waals surface area contributed by atoms with Crippen molar-refractivity contribution in [3.05, 3.63) is 30.1 Å². The Morgan fingerprint density at radius 3 is 2.40 bits per heavy atom. The molecule has 20 heavy (non-hydrogen) atoms. The third-order valence-corrected chi connectivity index (χ3v) is 3.01. The number of nitrogens with zero attached hydrogens (tertiary/aromatic N) is 3. The predicted molar refractivity (Wildman–Crippen MR) is 77.1 cm³/mol. The minimum atomic E-state index is 0.0538. The van der Waals surface area contributed by atoms with Gasteiger partial charge in [0, 0.05) is 12.4 Å². The SMILES string of the molecule is COc1ncc(-c2cc(C(C)(C)C)ccn2)c(OC)n1. The average molecular weight is 273 g/mol. The van der Waals surface area contributed by atoms with E-state index in [2.05, 4.69) is 35.7 Å². The molecule has 5 nitrogen and oxygen atoms in total. The van der Waals surface area contributed by atoms with Crippen molar-refractivity contribution in [1.29, 1.82) is 0 Å². The van der Waals surface area contributed by atoms with Crippen LogP contribution in [0.5, 0.6) is 11.9 Å². The molecule has 2 aromatic rings. The Bertz CT molecular complexity index is 606. The molecule has 0 aliphatic heterocycles. The fraction of sp³-hybridized carbons (Fsp3) is 0.400. The molecular weight excluding hydrogens is 254 g/mol. The van der Waals surface area contributed by atoms with E-state index in [-0.39, 0.29) is 11.4 Å². The molecule has 106 valence electrons. The third-order valence-electron chi connectivity index (χ3n) is 3.01. The van der Waals surface area contributed by atoms with E-state index in [0.29, 0.717) is 5.88 Å². The molecule has 0 saturated heterocycles. The van der Waals surface area contributed by atoms with Gasteiger partial charge in [-0.2, -0.15) is 4.98 Å². The number of methoxy groups -OCH3 is 2. The van der Waals surface area contributed by atoms with Crippen molar-refractivity contribution in [2.45, 2.75) is 26.2 Å². The Kier molecular flexibility index (Phi) is 3.88. The van der Waals surface area contributed by atoms with Crippen LogP contribution < -0.4 is 9.47 Å². The van der Waals surface area contributed by atoms with Crippen LogP contribution in [0.25, 0.3) is 11.3 Å². The van der Waals surface area contributed by atoms with Crippen molar-refractivity contribution >= 4 is 0 Å². The molecule has 5 heteroatoms. The lowest BCUT2D eigenvalue weighted by Crippen LogP contribution is -2.11. The molecule has 0 aliphatic rings. The van der Waals surface area contributed by atoms with Crippen LogP contribution in [0, 0.1) is 0 Å². The molecule has 0 aromatic carbocycles. The summed E-state index contributed by atoms with van der Waals surface area (Å²) in [7, 11) is 3.09. The van der Waals surface area contributed by atoms with Gasteiger partial charge in [-0.3, -0.25) is 4.98 Å². The second-order valence-corrected chi connectivity index (χ2v) is 5.46. The van der Waals surface area contributed by atoms with E-state index in [0.717, 1.165) is 11.3 Å². The van der Waals surface area contributed by atoms with Gasteiger partial charge in [0.05, 0.1) is 25.5 Å². The van der Waals surface area contributed by atoms with Crippen LogP contribution in [0.15, 0.2) is 24.5 Å². The largest absolute Gasteiger partial charge is 0.480 e. The topological polar surface area (TPSA) is 57.1 Å². The molecule has 0 aliphatic carbocycles. The van der Waals surface area contributed by atoms with Crippen molar-refractivity contribution in [1.82, 2.24) is 15.0 Å². The van der Waals surface area contributed by atoms with Crippen LogP contribution in [-0.2, 0) is 5.41 Å². The van der Waals surface area contributed by atoms with Crippen molar-refractivity contribution in [2.75, 3.05) is 14.2 Å². The van der Waals surface area contributed by atoms with Crippen LogP contribution in [0.1, 0.15) is 26.3 Å². The minimum Gasteiger partial charge on any atom is -0.480 e. The van der Waals surface area contributed by atoms with Gasteiger partial charge in [-0.15, -0.1) is 0 Å². The molecule has 0 spiro atoms. The van der Waals surface area contributed by atoms with Crippen LogP contribution in [0.3, 0.4) is 0 Å². The number of hydrogen-bond acceptors (Lipinski definition) is 5. The number of hydrogen-bond donors (Lipinski definition) is 0. The highest BCUT2D eigenvalue weighted by Gasteiger charge is 2.17. The van der Waals surface area contributed by atoms with E-state index in [1.165, 1.54) is 12.7 Å². The summed E-state index contributed by atoms with van der Waals surface area (Å²) >= 11 is 0. The predicted octanol–water partition coefficient (Wildman–Crippen LogP) is 2.85. The lowest BCUT2D eigenvalue weighted by molar-refractivity contribution is 0.353. The molecule has 2 aromatic heterocycles. The van der Waals surface area contributed by atoms with Gasteiger partial charge in [-0.05, 0) is 23.1 Å². The maximum absolute atomic E-state index is 5.30. The van der Waals surface area contributed by atoms with Crippen molar-refractivity contribution < 1.29 is 9.47 Å². The average Bonchev–Trinajstić information content (AvgIpc) is 2.45. The summed E-state index contributed by atoms with van der Waals surface area (Å²) in [5, 5.41) is 0. The first kappa shape index (κ1) is 14.2. The summed E-state index contributed by atoms with van der Waals surface area (Å²) in [6.45, 7) is 6.48. The zero-order chi connectivity index (χ0) is 14.8. The van der Waals surface area contributed by atoms with Gasteiger partial charge >= 0.3 is 6.01 Å². The Morgan fingerprint density at radius 1 is 1.05 bits per heavy atom. The van der Waals surface area contributed by atoms with E-state index >= 15 is 0 Å². The molecule has 0 amide bonds. The summed E-state index contributed by atoms with van der Waals surface area (Å²) in [5.41, 5.74) is 2.79. The van der Waals surface area contributed by atoms with E-state index in [4.69, 9.17) is 9.47 Å². The first-order chi connectivity index (χ1) is 9.45. The molecule has 2 heterocycles. The minimum absolute atomic E-state index is 0.0538. The Hall–Kier alpha value is -2.17. The molecule has 0 radical (unpaired) electrons. The number of aromatic nitrogens is 3. The lowest BCUT2D eigenvalue weighted by Gasteiger charge is -2.19. The number of ether oxygens (including phenoxy) is 2. The van der Waals surface area contributed by atoms with E-state index in [9.17, 15) is 0 Å². The van der Waals surface area contributed by atoms with Gasteiger partial charge in [0.2, 0.25) is 5.88 Å². The van der Waals surface area contributed by atoms with Gasteiger partial charge in [-0.25, -0.2) is 4.98 Å². The van der Waals surface area contributed by atoms with Gasteiger partial charge in [0.15, 0.2) is 0 Å². The third kappa shape index (κ3) is 2.87. The summed E-state index contributed by atoms with van der Waals surface area (Å²) in [6.07, 6.45) is 3.46. The normalized spacial score (nSPS) is 11.2. The molecule has 0 atom stereocenters. The van der Waals surface area contributed by atoms with Crippen LogP contribution in [0.4, 0.5) is 0 Å². The summed E-state index contributed by atoms with van der Waals surface area (Å²) in [5.74, 6) is 0.454. The number of rotatable bonds is 3. The molecular formula is C15H19N3O2. The van der Waals surface area contributed by atoms with Crippen LogP contribution in [-0.4, -0.2) is 29.2 Å².